The highest BCUT2D eigenvalue weighted by Gasteiger charge is 2.08. The van der Waals surface area contributed by atoms with Gasteiger partial charge in [0.2, 0.25) is 5.16 Å². The van der Waals surface area contributed by atoms with Crippen molar-refractivity contribution >= 4 is 24.2 Å². The number of thioether (sulfide) groups is 1. The number of nitrogens with zero attached hydrogens (tertiary/aromatic N) is 4. The minimum absolute atomic E-state index is 0. The van der Waals surface area contributed by atoms with E-state index in [0.29, 0.717) is 0 Å². The molecule has 3 aromatic rings. The SMILES string of the molecule is Cc1ccccc1CNCCCSc1nnnn1-c1ccccc1.Cl. The third-order valence-corrected chi connectivity index (χ3v) is 4.75. The number of aromatic nitrogens is 4. The molecule has 0 spiro atoms. The summed E-state index contributed by atoms with van der Waals surface area (Å²) in [7, 11) is 0. The Labute approximate surface area is 158 Å². The van der Waals surface area contributed by atoms with Crippen LogP contribution in [0.2, 0.25) is 0 Å². The Bertz CT molecular complexity index is 763. The first-order valence-electron chi connectivity index (χ1n) is 8.06. The summed E-state index contributed by atoms with van der Waals surface area (Å²) >= 11 is 1.68. The lowest BCUT2D eigenvalue weighted by Crippen LogP contribution is -2.16. The summed E-state index contributed by atoms with van der Waals surface area (Å²) in [6, 6.07) is 18.5. The molecule has 0 atom stereocenters. The van der Waals surface area contributed by atoms with Gasteiger partial charge in [0.15, 0.2) is 0 Å². The van der Waals surface area contributed by atoms with Gasteiger partial charge in [-0.25, -0.2) is 0 Å². The molecular formula is C18H22ClN5S. The quantitative estimate of drug-likeness (QED) is 0.481. The van der Waals surface area contributed by atoms with Crippen molar-refractivity contribution in [2.24, 2.45) is 0 Å². The first-order chi connectivity index (χ1) is 11.8. The van der Waals surface area contributed by atoms with Crippen LogP contribution in [0.4, 0.5) is 0 Å². The molecule has 1 aromatic heterocycles. The third kappa shape index (κ3) is 5.56. The van der Waals surface area contributed by atoms with E-state index in [1.807, 2.05) is 30.3 Å². The zero-order valence-corrected chi connectivity index (χ0v) is 15.8. The Kier molecular flexibility index (Phi) is 7.91. The van der Waals surface area contributed by atoms with E-state index in [4.69, 9.17) is 0 Å². The van der Waals surface area contributed by atoms with Crippen molar-refractivity contribution in [3.8, 4) is 5.69 Å². The van der Waals surface area contributed by atoms with Crippen LogP contribution in [0.5, 0.6) is 0 Å². The molecular weight excluding hydrogens is 354 g/mol. The molecule has 132 valence electrons. The number of tetrazole rings is 1. The first-order valence-corrected chi connectivity index (χ1v) is 9.05. The van der Waals surface area contributed by atoms with Crippen molar-refractivity contribution in [2.75, 3.05) is 12.3 Å². The van der Waals surface area contributed by atoms with E-state index in [0.717, 1.165) is 36.1 Å². The molecule has 0 radical (unpaired) electrons. The second kappa shape index (κ2) is 10.2. The Balaban J connectivity index is 0.00000225. The number of rotatable bonds is 8. The van der Waals surface area contributed by atoms with Crippen molar-refractivity contribution in [3.05, 3.63) is 65.7 Å². The van der Waals surface area contributed by atoms with Crippen molar-refractivity contribution in [1.82, 2.24) is 25.5 Å². The summed E-state index contributed by atoms with van der Waals surface area (Å²) < 4.78 is 1.78. The standard InChI is InChI=1S/C18H21N5S.ClH/c1-15-8-5-6-9-16(15)14-19-12-7-13-24-18-20-21-22-23(18)17-10-3-2-4-11-17;/h2-6,8-11,19H,7,12-14H2,1H3;1H. The maximum absolute atomic E-state index is 4.11. The Morgan fingerprint density at radius 3 is 2.60 bits per heavy atom. The first kappa shape index (κ1) is 19.4. The Morgan fingerprint density at radius 1 is 1.04 bits per heavy atom. The molecule has 7 heteroatoms. The highest BCUT2D eigenvalue weighted by Crippen LogP contribution is 2.18. The molecule has 0 unspecified atom stereocenters. The molecule has 1 heterocycles. The fourth-order valence-electron chi connectivity index (χ4n) is 2.39. The maximum Gasteiger partial charge on any atom is 0.214 e. The molecule has 3 rings (SSSR count). The molecule has 0 aliphatic carbocycles. The van der Waals surface area contributed by atoms with Crippen molar-refractivity contribution < 1.29 is 0 Å². The van der Waals surface area contributed by atoms with E-state index in [2.05, 4.69) is 52.0 Å². The number of nitrogens with one attached hydrogen (secondary N) is 1. The maximum atomic E-state index is 4.11. The average Bonchev–Trinajstić information content (AvgIpc) is 3.09. The predicted octanol–water partition coefficient (Wildman–Crippen LogP) is 3.66. The molecule has 0 fully saturated rings. The molecule has 0 saturated heterocycles. The van der Waals surface area contributed by atoms with Gasteiger partial charge >= 0.3 is 0 Å². The summed E-state index contributed by atoms with van der Waals surface area (Å²) in [6.07, 6.45) is 1.07. The van der Waals surface area contributed by atoms with E-state index in [1.54, 1.807) is 16.4 Å². The Hall–Kier alpha value is -1.89. The minimum atomic E-state index is 0. The molecule has 1 N–H and O–H groups in total. The van der Waals surface area contributed by atoms with E-state index in [-0.39, 0.29) is 12.4 Å². The van der Waals surface area contributed by atoms with Crippen LogP contribution in [0.1, 0.15) is 17.5 Å². The van der Waals surface area contributed by atoms with E-state index >= 15 is 0 Å². The minimum Gasteiger partial charge on any atom is -0.313 e. The summed E-state index contributed by atoms with van der Waals surface area (Å²) in [5.74, 6) is 0.980. The fraction of sp³-hybridized carbons (Fsp3) is 0.278. The van der Waals surface area contributed by atoms with E-state index in [9.17, 15) is 0 Å². The monoisotopic (exact) mass is 375 g/mol. The number of hydrogen-bond donors (Lipinski definition) is 1. The van der Waals surface area contributed by atoms with Gasteiger partial charge in [-0.2, -0.15) is 4.68 Å². The zero-order valence-electron chi connectivity index (χ0n) is 14.1. The van der Waals surface area contributed by atoms with Crippen LogP contribution in [-0.2, 0) is 6.54 Å². The van der Waals surface area contributed by atoms with Gasteiger partial charge in [-0.05, 0) is 53.6 Å². The summed E-state index contributed by atoms with van der Waals surface area (Å²) in [4.78, 5) is 0. The van der Waals surface area contributed by atoms with Crippen LogP contribution >= 0.6 is 24.2 Å². The predicted molar refractivity (Wildman–Crippen MR) is 105 cm³/mol. The lowest BCUT2D eigenvalue weighted by molar-refractivity contribution is 0.675. The summed E-state index contributed by atoms with van der Waals surface area (Å²) in [5, 5.41) is 16.3. The van der Waals surface area contributed by atoms with Gasteiger partial charge < -0.3 is 5.32 Å². The summed E-state index contributed by atoms with van der Waals surface area (Å²) in [6.45, 7) is 4.05. The van der Waals surface area contributed by atoms with Crippen LogP contribution in [0.15, 0.2) is 59.8 Å². The lowest BCUT2D eigenvalue weighted by Gasteiger charge is -2.07. The number of benzene rings is 2. The lowest BCUT2D eigenvalue weighted by atomic mass is 10.1. The molecule has 0 amide bonds. The summed E-state index contributed by atoms with van der Waals surface area (Å²) in [5.41, 5.74) is 3.68. The topological polar surface area (TPSA) is 55.6 Å². The third-order valence-electron chi connectivity index (χ3n) is 3.75. The average molecular weight is 376 g/mol. The second-order valence-corrected chi connectivity index (χ2v) is 6.58. The molecule has 5 nitrogen and oxygen atoms in total. The van der Waals surface area contributed by atoms with Crippen LogP contribution in [0, 0.1) is 6.92 Å². The highest BCUT2D eigenvalue weighted by atomic mass is 35.5. The molecule has 2 aromatic carbocycles. The van der Waals surface area contributed by atoms with Gasteiger partial charge in [0, 0.05) is 12.3 Å². The van der Waals surface area contributed by atoms with Crippen molar-refractivity contribution in [1.29, 1.82) is 0 Å². The molecule has 0 aliphatic rings. The van der Waals surface area contributed by atoms with Gasteiger partial charge in [-0.3, -0.25) is 0 Å². The number of hydrogen-bond acceptors (Lipinski definition) is 5. The van der Waals surface area contributed by atoms with Gasteiger partial charge in [0.25, 0.3) is 0 Å². The van der Waals surface area contributed by atoms with E-state index < -0.39 is 0 Å². The molecule has 0 aliphatic heterocycles. The largest absolute Gasteiger partial charge is 0.313 e. The second-order valence-electron chi connectivity index (χ2n) is 5.51. The fourth-order valence-corrected chi connectivity index (χ4v) is 3.22. The van der Waals surface area contributed by atoms with Crippen LogP contribution < -0.4 is 5.32 Å². The van der Waals surface area contributed by atoms with E-state index in [1.165, 1.54) is 11.1 Å². The van der Waals surface area contributed by atoms with Gasteiger partial charge in [-0.15, -0.1) is 17.5 Å². The zero-order chi connectivity index (χ0) is 16.6. The molecule has 0 saturated carbocycles. The van der Waals surface area contributed by atoms with Gasteiger partial charge in [0.1, 0.15) is 0 Å². The molecule has 0 bridgehead atoms. The van der Waals surface area contributed by atoms with Crippen LogP contribution in [-0.4, -0.2) is 32.5 Å². The smallest absolute Gasteiger partial charge is 0.214 e. The van der Waals surface area contributed by atoms with Crippen LogP contribution in [0.25, 0.3) is 5.69 Å². The number of halogens is 1. The van der Waals surface area contributed by atoms with Crippen molar-refractivity contribution in [2.45, 2.75) is 25.0 Å². The number of para-hydroxylation sites is 1. The molecule has 25 heavy (non-hydrogen) atoms. The van der Waals surface area contributed by atoms with Gasteiger partial charge in [0.05, 0.1) is 5.69 Å². The normalized spacial score (nSPS) is 10.4. The van der Waals surface area contributed by atoms with Gasteiger partial charge in [-0.1, -0.05) is 54.2 Å². The number of aryl methyl sites for hydroxylation is 1. The highest BCUT2D eigenvalue weighted by molar-refractivity contribution is 7.99. The van der Waals surface area contributed by atoms with Crippen LogP contribution in [0.3, 0.4) is 0 Å². The Morgan fingerprint density at radius 2 is 1.80 bits per heavy atom. The van der Waals surface area contributed by atoms with Crippen molar-refractivity contribution in [3.63, 3.8) is 0 Å².